The molecular formula is C16H21BrClNO2. The summed E-state index contributed by atoms with van der Waals surface area (Å²) in [5, 5.41) is 9.00. The molecule has 21 heavy (non-hydrogen) atoms. The van der Waals surface area contributed by atoms with E-state index in [0.717, 1.165) is 22.9 Å². The third-order valence-corrected chi connectivity index (χ3v) is 3.92. The normalized spacial score (nSPS) is 11.0. The van der Waals surface area contributed by atoms with E-state index in [9.17, 15) is 0 Å². The van der Waals surface area contributed by atoms with E-state index in [0.29, 0.717) is 30.6 Å². The minimum atomic E-state index is -0.314. The first-order valence-electron chi connectivity index (χ1n) is 6.98. The van der Waals surface area contributed by atoms with E-state index >= 15 is 0 Å². The Hall–Kier alpha value is -0.920. The van der Waals surface area contributed by atoms with Crippen LogP contribution in [0.4, 0.5) is 0 Å². The third kappa shape index (κ3) is 5.76. The van der Waals surface area contributed by atoms with Crippen LogP contribution in [0.25, 0.3) is 0 Å². The van der Waals surface area contributed by atoms with Gasteiger partial charge in [-0.05, 0) is 67.2 Å². The molecule has 0 N–H and O–H groups in total. The van der Waals surface area contributed by atoms with Gasteiger partial charge in [-0.1, -0.05) is 0 Å². The second kappa shape index (κ2) is 8.51. The van der Waals surface area contributed by atoms with Gasteiger partial charge in [-0.2, -0.15) is 5.26 Å². The van der Waals surface area contributed by atoms with Crippen LogP contribution in [-0.4, -0.2) is 13.2 Å². The summed E-state index contributed by atoms with van der Waals surface area (Å²) in [6, 6.07) is 6.13. The first kappa shape index (κ1) is 18.1. The lowest BCUT2D eigenvalue weighted by molar-refractivity contribution is 0.258. The average Bonchev–Trinajstić information content (AvgIpc) is 2.45. The Morgan fingerprint density at radius 1 is 1.33 bits per heavy atom. The molecule has 0 heterocycles. The molecule has 0 unspecified atom stereocenters. The van der Waals surface area contributed by atoms with Gasteiger partial charge < -0.3 is 9.47 Å². The van der Waals surface area contributed by atoms with Crippen LogP contribution in [0.15, 0.2) is 16.6 Å². The Labute approximate surface area is 140 Å². The van der Waals surface area contributed by atoms with Crippen molar-refractivity contribution in [2.75, 3.05) is 13.2 Å². The van der Waals surface area contributed by atoms with Gasteiger partial charge in [-0.15, -0.1) is 11.6 Å². The van der Waals surface area contributed by atoms with Crippen LogP contribution in [0.2, 0.25) is 0 Å². The van der Waals surface area contributed by atoms with E-state index in [1.807, 2.05) is 32.9 Å². The van der Waals surface area contributed by atoms with Crippen molar-refractivity contribution in [2.45, 2.75) is 39.5 Å². The number of nitriles is 1. The molecule has 116 valence electrons. The molecule has 0 aromatic heterocycles. The zero-order valence-electron chi connectivity index (χ0n) is 12.7. The maximum Gasteiger partial charge on any atom is 0.175 e. The van der Waals surface area contributed by atoms with E-state index in [1.54, 1.807) is 0 Å². The van der Waals surface area contributed by atoms with E-state index in [-0.39, 0.29) is 5.41 Å². The zero-order valence-corrected chi connectivity index (χ0v) is 15.1. The third-order valence-electron chi connectivity index (χ3n) is 3.02. The van der Waals surface area contributed by atoms with Crippen LogP contribution in [0, 0.1) is 16.7 Å². The van der Waals surface area contributed by atoms with Gasteiger partial charge in [0.1, 0.15) is 0 Å². The molecule has 1 aromatic rings. The highest BCUT2D eigenvalue weighted by Gasteiger charge is 2.17. The van der Waals surface area contributed by atoms with Crippen molar-refractivity contribution >= 4 is 27.5 Å². The molecule has 0 spiro atoms. The monoisotopic (exact) mass is 373 g/mol. The number of benzene rings is 1. The summed E-state index contributed by atoms with van der Waals surface area (Å²) in [6.45, 7) is 6.91. The van der Waals surface area contributed by atoms with Crippen LogP contribution in [0.1, 0.15) is 39.2 Å². The van der Waals surface area contributed by atoms with Gasteiger partial charge in [0.2, 0.25) is 0 Å². The maximum atomic E-state index is 9.00. The molecule has 0 aliphatic rings. The molecular weight excluding hydrogens is 354 g/mol. The average molecular weight is 375 g/mol. The Balaban J connectivity index is 2.72. The van der Waals surface area contributed by atoms with Crippen LogP contribution in [0.3, 0.4) is 0 Å². The highest BCUT2D eigenvalue weighted by atomic mass is 79.9. The van der Waals surface area contributed by atoms with Crippen molar-refractivity contribution in [1.82, 2.24) is 0 Å². The molecule has 0 amide bonds. The lowest BCUT2D eigenvalue weighted by atomic mass is 9.90. The van der Waals surface area contributed by atoms with Gasteiger partial charge in [-0.25, -0.2) is 0 Å². The lowest BCUT2D eigenvalue weighted by Crippen LogP contribution is -2.10. The van der Waals surface area contributed by atoms with Crippen LogP contribution in [-0.2, 0) is 5.88 Å². The number of halogens is 2. The van der Waals surface area contributed by atoms with Crippen molar-refractivity contribution < 1.29 is 9.47 Å². The number of alkyl halides is 1. The number of hydrogen-bond acceptors (Lipinski definition) is 3. The van der Waals surface area contributed by atoms with E-state index in [1.165, 1.54) is 0 Å². The van der Waals surface area contributed by atoms with E-state index in [4.69, 9.17) is 26.3 Å². The summed E-state index contributed by atoms with van der Waals surface area (Å²) >= 11 is 9.37. The topological polar surface area (TPSA) is 42.2 Å². The predicted molar refractivity (Wildman–Crippen MR) is 89.0 cm³/mol. The van der Waals surface area contributed by atoms with Gasteiger partial charge in [0.25, 0.3) is 0 Å². The number of rotatable bonds is 8. The van der Waals surface area contributed by atoms with Gasteiger partial charge in [-0.3, -0.25) is 0 Å². The van der Waals surface area contributed by atoms with Crippen LogP contribution < -0.4 is 9.47 Å². The van der Waals surface area contributed by atoms with Crippen molar-refractivity contribution in [3.05, 3.63) is 22.2 Å². The molecule has 0 bridgehead atoms. The molecule has 1 aromatic carbocycles. The summed E-state index contributed by atoms with van der Waals surface area (Å²) in [5.41, 5.74) is 0.663. The quantitative estimate of drug-likeness (QED) is 0.458. The molecule has 1 rings (SSSR count). The summed E-state index contributed by atoms with van der Waals surface area (Å²) < 4.78 is 12.3. The van der Waals surface area contributed by atoms with E-state index in [2.05, 4.69) is 22.0 Å². The summed E-state index contributed by atoms with van der Waals surface area (Å²) in [7, 11) is 0. The highest BCUT2D eigenvalue weighted by Crippen LogP contribution is 2.37. The largest absolute Gasteiger partial charge is 0.490 e. The Bertz CT molecular complexity index is 512. The number of nitrogens with zero attached hydrogens (tertiary/aromatic N) is 1. The van der Waals surface area contributed by atoms with Crippen LogP contribution >= 0.6 is 27.5 Å². The molecule has 3 nitrogen and oxygen atoms in total. The number of ether oxygens (including phenoxy) is 2. The maximum absolute atomic E-state index is 9.00. The summed E-state index contributed by atoms with van der Waals surface area (Å²) in [4.78, 5) is 0. The van der Waals surface area contributed by atoms with Gasteiger partial charge >= 0.3 is 0 Å². The van der Waals surface area contributed by atoms with Crippen molar-refractivity contribution in [2.24, 2.45) is 5.41 Å². The molecule has 0 aliphatic carbocycles. The van der Waals surface area contributed by atoms with Crippen molar-refractivity contribution in [3.63, 3.8) is 0 Å². The predicted octanol–water partition coefficient (Wildman–Crippen LogP) is 5.30. The molecule has 0 fully saturated rings. The highest BCUT2D eigenvalue weighted by molar-refractivity contribution is 9.10. The molecule has 0 atom stereocenters. The molecule has 0 aliphatic heterocycles. The number of hydrogen-bond donors (Lipinski definition) is 0. The van der Waals surface area contributed by atoms with Crippen LogP contribution in [0.5, 0.6) is 11.5 Å². The Morgan fingerprint density at radius 3 is 2.62 bits per heavy atom. The molecule has 0 radical (unpaired) electrons. The second-order valence-electron chi connectivity index (χ2n) is 5.42. The second-order valence-corrected chi connectivity index (χ2v) is 6.54. The zero-order chi connectivity index (χ0) is 15.9. The fraction of sp³-hybridized carbons (Fsp3) is 0.562. The van der Waals surface area contributed by atoms with E-state index < -0.39 is 0 Å². The molecule has 5 heteroatoms. The molecule has 0 saturated heterocycles. The fourth-order valence-corrected chi connectivity index (χ4v) is 2.60. The van der Waals surface area contributed by atoms with Crippen molar-refractivity contribution in [1.29, 1.82) is 5.26 Å². The standard InChI is InChI=1S/C16H21BrClNO2/c1-4-20-14-9-12(10-18)8-13(17)15(14)21-7-5-6-16(2,3)11-19/h8-9H,4-7,10H2,1-3H3. The Morgan fingerprint density at radius 2 is 2.05 bits per heavy atom. The minimum absolute atomic E-state index is 0.314. The lowest BCUT2D eigenvalue weighted by Gasteiger charge is -2.17. The smallest absolute Gasteiger partial charge is 0.175 e. The minimum Gasteiger partial charge on any atom is -0.490 e. The molecule has 0 saturated carbocycles. The SMILES string of the molecule is CCOc1cc(CCl)cc(Br)c1OCCCC(C)(C)C#N. The first-order chi connectivity index (χ1) is 9.93. The van der Waals surface area contributed by atoms with Gasteiger partial charge in [0.05, 0.1) is 29.2 Å². The first-order valence-corrected chi connectivity index (χ1v) is 8.31. The summed E-state index contributed by atoms with van der Waals surface area (Å²) in [6.07, 6.45) is 1.61. The van der Waals surface area contributed by atoms with Gasteiger partial charge in [0.15, 0.2) is 11.5 Å². The Kier molecular flexibility index (Phi) is 7.34. The fourth-order valence-electron chi connectivity index (χ4n) is 1.85. The summed E-state index contributed by atoms with van der Waals surface area (Å²) in [5.74, 6) is 1.82. The van der Waals surface area contributed by atoms with Crippen molar-refractivity contribution in [3.8, 4) is 17.6 Å². The van der Waals surface area contributed by atoms with Gasteiger partial charge in [0, 0.05) is 5.88 Å².